The molecule has 0 radical (unpaired) electrons. The average molecular weight is 238 g/mol. The number of anilines is 1. The van der Waals surface area contributed by atoms with Gasteiger partial charge in [-0.3, -0.25) is 16.3 Å². The Hall–Kier alpha value is -2.51. The molecular formula is C9H8F2N6. The van der Waals surface area contributed by atoms with Gasteiger partial charge in [-0.2, -0.15) is 10.2 Å². The van der Waals surface area contributed by atoms with Crippen molar-refractivity contribution in [1.82, 2.24) is 5.43 Å². The van der Waals surface area contributed by atoms with Gasteiger partial charge in [0.25, 0.3) is 0 Å². The van der Waals surface area contributed by atoms with Gasteiger partial charge in [0.15, 0.2) is 23.2 Å². The van der Waals surface area contributed by atoms with E-state index >= 15 is 0 Å². The minimum Gasteiger partial charge on any atom is -0.380 e. The lowest BCUT2D eigenvalue weighted by Gasteiger charge is -2.03. The second-order valence-electron chi connectivity index (χ2n) is 3.18. The van der Waals surface area contributed by atoms with E-state index in [0.29, 0.717) is 0 Å². The first-order chi connectivity index (χ1) is 8.08. The summed E-state index contributed by atoms with van der Waals surface area (Å²) in [6.45, 7) is 0. The number of nitrogens with two attached hydrogens (primary N) is 1. The highest BCUT2D eigenvalue weighted by molar-refractivity contribution is 6.68. The van der Waals surface area contributed by atoms with Gasteiger partial charge >= 0.3 is 0 Å². The van der Waals surface area contributed by atoms with Crippen LogP contribution in [0.3, 0.4) is 0 Å². The molecule has 0 aliphatic carbocycles. The van der Waals surface area contributed by atoms with E-state index in [1.165, 1.54) is 6.07 Å². The Bertz CT molecular complexity index is 536. The van der Waals surface area contributed by atoms with Crippen molar-refractivity contribution in [3.05, 3.63) is 29.8 Å². The Kier molecular flexibility index (Phi) is 2.69. The van der Waals surface area contributed by atoms with E-state index in [4.69, 9.17) is 11.1 Å². The summed E-state index contributed by atoms with van der Waals surface area (Å²) < 4.78 is 25.8. The fourth-order valence-corrected chi connectivity index (χ4v) is 1.16. The predicted octanol–water partition coefficient (Wildman–Crippen LogP) is 0.585. The van der Waals surface area contributed by atoms with Crippen LogP contribution in [0, 0.1) is 17.0 Å². The Balaban J connectivity index is 2.20. The zero-order valence-corrected chi connectivity index (χ0v) is 8.46. The maximum Gasteiger partial charge on any atom is 0.175 e. The molecule has 0 fully saturated rings. The normalized spacial score (nSPS) is 16.9. The Morgan fingerprint density at radius 3 is 2.76 bits per heavy atom. The Labute approximate surface area is 94.7 Å². The molecule has 0 saturated carbocycles. The van der Waals surface area contributed by atoms with Crippen molar-refractivity contribution in [2.75, 3.05) is 5.43 Å². The van der Waals surface area contributed by atoms with Gasteiger partial charge < -0.3 is 5.73 Å². The molecule has 0 spiro atoms. The largest absolute Gasteiger partial charge is 0.380 e. The lowest BCUT2D eigenvalue weighted by Crippen LogP contribution is -2.28. The number of hydrogen-bond acceptors (Lipinski definition) is 5. The van der Waals surface area contributed by atoms with Crippen molar-refractivity contribution < 1.29 is 8.78 Å². The van der Waals surface area contributed by atoms with Gasteiger partial charge in [0.2, 0.25) is 0 Å². The maximum atomic E-state index is 13.2. The molecule has 8 heteroatoms. The first-order valence-electron chi connectivity index (χ1n) is 4.55. The highest BCUT2D eigenvalue weighted by atomic mass is 19.1. The zero-order chi connectivity index (χ0) is 12.4. The summed E-state index contributed by atoms with van der Waals surface area (Å²) >= 11 is 0. The molecule has 1 heterocycles. The highest BCUT2D eigenvalue weighted by Gasteiger charge is 2.18. The fraction of sp³-hybridized carbons (Fsp3) is 0. The van der Waals surface area contributed by atoms with Crippen molar-refractivity contribution in [2.45, 2.75) is 0 Å². The summed E-state index contributed by atoms with van der Waals surface area (Å²) in [7, 11) is 0. The van der Waals surface area contributed by atoms with Gasteiger partial charge in [-0.05, 0) is 12.1 Å². The van der Waals surface area contributed by atoms with E-state index < -0.39 is 11.6 Å². The number of amidine groups is 2. The zero-order valence-electron chi connectivity index (χ0n) is 8.46. The summed E-state index contributed by atoms with van der Waals surface area (Å²) in [5.74, 6) is -1.55. The van der Waals surface area contributed by atoms with Crippen molar-refractivity contribution in [3.8, 4) is 0 Å². The molecule has 1 aromatic rings. The van der Waals surface area contributed by atoms with Gasteiger partial charge in [-0.15, -0.1) is 0 Å². The number of hydrogen-bond donors (Lipinski definition) is 4. The van der Waals surface area contributed by atoms with Crippen LogP contribution < -0.4 is 16.6 Å². The van der Waals surface area contributed by atoms with Crippen molar-refractivity contribution >= 4 is 23.1 Å². The molecule has 1 aliphatic rings. The smallest absolute Gasteiger partial charge is 0.175 e. The van der Waals surface area contributed by atoms with Crippen LogP contribution in [-0.2, 0) is 0 Å². The summed E-state index contributed by atoms with van der Waals surface area (Å²) in [6.07, 6.45) is 0. The molecule has 0 atom stereocenters. The lowest BCUT2D eigenvalue weighted by molar-refractivity contribution is 0.585. The Morgan fingerprint density at radius 2 is 2.18 bits per heavy atom. The van der Waals surface area contributed by atoms with Gasteiger partial charge in [-0.1, -0.05) is 0 Å². The minimum absolute atomic E-state index is 0.0185. The van der Waals surface area contributed by atoms with Gasteiger partial charge in [0.1, 0.15) is 5.82 Å². The van der Waals surface area contributed by atoms with Gasteiger partial charge in [-0.25, -0.2) is 8.78 Å². The monoisotopic (exact) mass is 238 g/mol. The van der Waals surface area contributed by atoms with Crippen LogP contribution in [0.25, 0.3) is 0 Å². The number of benzene rings is 1. The third-order valence-corrected chi connectivity index (χ3v) is 1.99. The second-order valence-corrected chi connectivity index (χ2v) is 3.18. The number of nitrogens with one attached hydrogen (secondary N) is 3. The van der Waals surface area contributed by atoms with Crippen molar-refractivity contribution in [2.24, 2.45) is 15.9 Å². The van der Waals surface area contributed by atoms with Crippen molar-refractivity contribution in [3.63, 3.8) is 0 Å². The molecule has 0 bridgehead atoms. The molecule has 1 aromatic carbocycles. The molecule has 6 nitrogen and oxygen atoms in total. The van der Waals surface area contributed by atoms with Crippen LogP contribution in [0.1, 0.15) is 0 Å². The van der Waals surface area contributed by atoms with E-state index in [-0.39, 0.29) is 23.1 Å². The Morgan fingerprint density at radius 1 is 1.41 bits per heavy atom. The van der Waals surface area contributed by atoms with Crippen LogP contribution in [0.4, 0.5) is 14.5 Å². The van der Waals surface area contributed by atoms with E-state index in [9.17, 15) is 8.78 Å². The highest BCUT2D eigenvalue weighted by Crippen LogP contribution is 2.14. The standard InChI is InChI=1S/C9H8F2N6/c10-4-1-2-6(5(11)3-4)14-15-7-8(12)16-17-9(7)13/h1-3,14H,(H4,12,13,15,16,17). The number of halogens is 2. The number of rotatable bonds is 2. The van der Waals surface area contributed by atoms with Crippen LogP contribution in [0.5, 0.6) is 0 Å². The topological polar surface area (TPSA) is 98.7 Å². The molecule has 88 valence electrons. The van der Waals surface area contributed by atoms with Crippen LogP contribution in [-0.4, -0.2) is 17.4 Å². The van der Waals surface area contributed by atoms with Gasteiger partial charge in [0, 0.05) is 6.07 Å². The van der Waals surface area contributed by atoms with E-state index in [1.807, 2.05) is 0 Å². The van der Waals surface area contributed by atoms with E-state index in [2.05, 4.69) is 21.1 Å². The van der Waals surface area contributed by atoms with Crippen LogP contribution >= 0.6 is 0 Å². The molecule has 17 heavy (non-hydrogen) atoms. The molecule has 0 aromatic heterocycles. The number of nitrogens with zero attached hydrogens (tertiary/aromatic N) is 2. The first kappa shape index (κ1) is 11.0. The van der Waals surface area contributed by atoms with E-state index in [0.717, 1.165) is 12.1 Å². The van der Waals surface area contributed by atoms with Crippen LogP contribution in [0.15, 0.2) is 28.4 Å². The number of hydrazone groups is 2. The molecule has 1 aliphatic heterocycles. The third-order valence-electron chi connectivity index (χ3n) is 1.99. The second kappa shape index (κ2) is 4.16. The summed E-state index contributed by atoms with van der Waals surface area (Å²) in [6, 6.07) is 2.99. The average Bonchev–Trinajstić information content (AvgIpc) is 2.58. The van der Waals surface area contributed by atoms with Crippen LogP contribution in [0.2, 0.25) is 0 Å². The summed E-state index contributed by atoms with van der Waals surface area (Å²) in [4.78, 5) is 0. The molecule has 0 amide bonds. The summed E-state index contributed by atoms with van der Waals surface area (Å²) in [5, 5.41) is 14.6. The molecule has 0 unspecified atom stereocenters. The molecule has 2 rings (SSSR count). The van der Waals surface area contributed by atoms with Gasteiger partial charge in [0.05, 0.1) is 5.69 Å². The predicted molar refractivity (Wildman–Crippen MR) is 59.9 cm³/mol. The lowest BCUT2D eigenvalue weighted by atomic mass is 10.3. The fourth-order valence-electron chi connectivity index (χ4n) is 1.16. The maximum absolute atomic E-state index is 13.2. The quantitative estimate of drug-likeness (QED) is 0.567. The van der Waals surface area contributed by atoms with Crippen molar-refractivity contribution in [1.29, 1.82) is 5.41 Å². The first-order valence-corrected chi connectivity index (χ1v) is 4.55. The SMILES string of the molecule is N=C1NN=C(N)/C1=N/Nc1ccc(F)cc1F. The molecule has 5 N–H and O–H groups in total. The molecular weight excluding hydrogens is 230 g/mol. The summed E-state index contributed by atoms with van der Waals surface area (Å²) in [5.41, 5.74) is 10.1. The van der Waals surface area contributed by atoms with E-state index in [1.54, 1.807) is 0 Å². The third kappa shape index (κ3) is 2.19. The minimum atomic E-state index is -0.789. The molecule has 0 saturated heterocycles.